The van der Waals surface area contributed by atoms with E-state index in [9.17, 15) is 4.79 Å². The predicted molar refractivity (Wildman–Crippen MR) is 123 cm³/mol. The Bertz CT molecular complexity index is 772. The number of carbonyl (C=O) groups is 1. The van der Waals surface area contributed by atoms with Crippen LogP contribution < -0.4 is 28.1 Å². The maximum atomic E-state index is 12.8. The van der Waals surface area contributed by atoms with Crippen LogP contribution in [0, 0.1) is 0 Å². The number of hydrogen-bond acceptors (Lipinski definition) is 1. The van der Waals surface area contributed by atoms with Crippen molar-refractivity contribution in [3.05, 3.63) is 59.7 Å². The van der Waals surface area contributed by atoms with Gasteiger partial charge >= 0.3 is 187 Å². The number of fused-ring (bicyclic) bond motifs is 3. The average Bonchev–Trinajstić information content (AvgIpc) is 3.05. The zero-order valence-electron chi connectivity index (χ0n) is 19.1. The van der Waals surface area contributed by atoms with Gasteiger partial charge in [0.25, 0.3) is 0 Å². The molecule has 0 saturated carbocycles. The summed E-state index contributed by atoms with van der Waals surface area (Å²) in [5.41, 5.74) is 5.75. The minimum atomic E-state index is -2.33. The van der Waals surface area contributed by atoms with Crippen LogP contribution in [0.5, 0.6) is 0 Å². The van der Waals surface area contributed by atoms with E-state index in [0.717, 1.165) is 12.8 Å². The maximum Gasteiger partial charge on any atom is -1.00 e. The van der Waals surface area contributed by atoms with Crippen molar-refractivity contribution in [3.8, 4) is 11.1 Å². The van der Waals surface area contributed by atoms with E-state index in [-0.39, 0.29) is 24.8 Å². The molecular formula is C25H36Cl2HfNOSi. The quantitative estimate of drug-likeness (QED) is 0.281. The van der Waals surface area contributed by atoms with Gasteiger partial charge in [-0.3, -0.25) is 0 Å². The molecule has 0 bridgehead atoms. The van der Waals surface area contributed by atoms with E-state index < -0.39 is 26.9 Å². The van der Waals surface area contributed by atoms with Crippen LogP contribution in [0.2, 0.25) is 13.1 Å². The Labute approximate surface area is 210 Å². The molecule has 1 N–H and O–H groups in total. The summed E-state index contributed by atoms with van der Waals surface area (Å²) < 4.78 is 4.20. The molecule has 2 aromatic rings. The molecule has 3 rings (SSSR count). The van der Waals surface area contributed by atoms with Gasteiger partial charge in [0.1, 0.15) is 0 Å². The van der Waals surface area contributed by atoms with Crippen LogP contribution in [0.25, 0.3) is 11.1 Å². The van der Waals surface area contributed by atoms with Gasteiger partial charge in [0.15, 0.2) is 0 Å². The van der Waals surface area contributed by atoms with Crippen molar-refractivity contribution in [1.82, 2.24) is 3.30 Å². The number of halogens is 2. The Balaban J connectivity index is 0.00000240. The minimum absolute atomic E-state index is 0. The molecule has 0 heterocycles. The van der Waals surface area contributed by atoms with Crippen molar-refractivity contribution in [3.63, 3.8) is 0 Å². The molecule has 2 nitrogen and oxygen atoms in total. The largest absolute Gasteiger partial charge is 1.00 e. The Morgan fingerprint density at radius 2 is 1.32 bits per heavy atom. The Hall–Kier alpha value is -0.423. The minimum Gasteiger partial charge on any atom is -1.00 e. The molecule has 1 aliphatic carbocycles. The van der Waals surface area contributed by atoms with Gasteiger partial charge in [0, 0.05) is 0 Å². The summed E-state index contributed by atoms with van der Waals surface area (Å²) in [6, 6.07) is 17.8. The molecule has 0 saturated heterocycles. The molecular weight excluding hydrogens is 608 g/mol. The zero-order chi connectivity index (χ0) is 20.6. The van der Waals surface area contributed by atoms with Gasteiger partial charge in [-0.1, -0.05) is 0 Å². The number of nitrogens with one attached hydrogen (secondary N) is 1. The normalized spacial score (nSPS) is 11.9. The van der Waals surface area contributed by atoms with E-state index in [4.69, 9.17) is 0 Å². The molecule has 0 fully saturated rings. The molecule has 2 aromatic carbocycles. The van der Waals surface area contributed by atoms with E-state index >= 15 is 0 Å². The van der Waals surface area contributed by atoms with Crippen molar-refractivity contribution < 1.29 is 50.5 Å². The standard InChI is InChI=1S/C13H9.C10H21NO.C2H7Si.2ClH.Hf/c1-3-7-12-10(5-1)9-11-6-2-4-8-13(11)12;1-2-3-4-5-6-7-8-9-10(11)12;1-3-2;;;/h1-9H;2-9H2,1H3,(H2,11,12);3H,1-2H3;2*1H;/q;;;;;+3/p-3. The van der Waals surface area contributed by atoms with Gasteiger partial charge in [-0.25, -0.2) is 0 Å². The molecule has 0 aromatic heterocycles. The van der Waals surface area contributed by atoms with Crippen molar-refractivity contribution >= 4 is 11.9 Å². The predicted octanol–water partition coefficient (Wildman–Crippen LogP) is 0.538. The molecule has 6 heteroatoms. The number of amides is 1. The van der Waals surface area contributed by atoms with Crippen molar-refractivity contribution in [1.29, 1.82) is 0 Å². The van der Waals surface area contributed by atoms with Gasteiger partial charge in [-0.05, 0) is 0 Å². The number of hydrogen-bond donors (Lipinski definition) is 1. The number of carbonyl (C=O) groups excluding carboxylic acids is 1. The second-order valence-corrected chi connectivity index (χ2v) is 34.7. The fraction of sp³-hybridized carbons (Fsp3) is 0.480. The van der Waals surface area contributed by atoms with Crippen LogP contribution in [0.1, 0.15) is 73.1 Å². The van der Waals surface area contributed by atoms with Gasteiger partial charge < -0.3 is 24.8 Å². The van der Waals surface area contributed by atoms with Gasteiger partial charge in [0.2, 0.25) is 0 Å². The Morgan fingerprint density at radius 1 is 0.839 bits per heavy atom. The number of benzene rings is 2. The summed E-state index contributed by atoms with van der Waals surface area (Å²) in [5, 5.41) is 0. The molecule has 0 atom stereocenters. The third-order valence-corrected chi connectivity index (χ3v) is 31.1. The average molecular weight is 644 g/mol. The smallest absolute Gasteiger partial charge is 1.00 e. The van der Waals surface area contributed by atoms with Crippen LogP contribution in [-0.4, -0.2) is 11.9 Å². The summed E-state index contributed by atoms with van der Waals surface area (Å²) >= 11 is -2.33. The SMILES string of the molecule is CCCCCCCCCC(=O)[NH][Hf+2]([CH]1c2ccccc2-c2ccccc21)[SiH](C)C.[Cl-].[Cl-]. The summed E-state index contributed by atoms with van der Waals surface area (Å²) in [7, 11) is 0. The van der Waals surface area contributed by atoms with Crippen LogP contribution in [0.4, 0.5) is 0 Å². The number of rotatable bonds is 11. The summed E-state index contributed by atoms with van der Waals surface area (Å²) in [4.78, 5) is 12.8. The van der Waals surface area contributed by atoms with Crippen LogP contribution in [0.15, 0.2) is 48.5 Å². The molecule has 31 heavy (non-hydrogen) atoms. The molecule has 0 unspecified atom stereocenters. The fourth-order valence-corrected chi connectivity index (χ4v) is 26.4. The molecule has 0 aliphatic heterocycles. The second-order valence-electron chi connectivity index (χ2n) is 8.64. The second kappa shape index (κ2) is 14.7. The van der Waals surface area contributed by atoms with E-state index in [1.165, 1.54) is 60.8 Å². The maximum absolute atomic E-state index is 12.8. The summed E-state index contributed by atoms with van der Waals surface area (Å²) in [6.07, 6.45) is 9.57. The van der Waals surface area contributed by atoms with Crippen LogP contribution >= 0.6 is 0 Å². The molecule has 1 aliphatic rings. The van der Waals surface area contributed by atoms with Crippen LogP contribution in [-0.2, 0) is 25.7 Å². The topological polar surface area (TPSA) is 29.1 Å². The number of unbranched alkanes of at least 4 members (excludes halogenated alkanes) is 6. The first-order chi connectivity index (χ1) is 14.1. The van der Waals surface area contributed by atoms with Crippen molar-refractivity contribution in [2.24, 2.45) is 0 Å². The third kappa shape index (κ3) is 7.55. The Morgan fingerprint density at radius 3 is 1.84 bits per heavy atom. The first-order valence-electron chi connectivity index (χ1n) is 11.5. The van der Waals surface area contributed by atoms with E-state index in [1.54, 1.807) is 0 Å². The first kappa shape index (κ1) is 28.6. The summed E-state index contributed by atoms with van der Waals surface area (Å²) in [6.45, 7) is 7.17. The fourth-order valence-electron chi connectivity index (χ4n) is 4.51. The zero-order valence-corrected chi connectivity index (χ0v) is 25.4. The Kier molecular flexibility index (Phi) is 13.5. The van der Waals surface area contributed by atoms with E-state index in [1.807, 2.05) is 0 Å². The molecule has 1 amide bonds. The van der Waals surface area contributed by atoms with E-state index in [2.05, 4.69) is 71.9 Å². The first-order valence-corrected chi connectivity index (χ1v) is 24.5. The van der Waals surface area contributed by atoms with Crippen LogP contribution in [0.3, 0.4) is 0 Å². The molecule has 169 valence electrons. The van der Waals surface area contributed by atoms with Gasteiger partial charge in [0.05, 0.1) is 0 Å². The van der Waals surface area contributed by atoms with Gasteiger partial charge in [-0.15, -0.1) is 0 Å². The monoisotopic (exact) mass is 644 g/mol. The van der Waals surface area contributed by atoms with Gasteiger partial charge in [-0.2, -0.15) is 0 Å². The summed E-state index contributed by atoms with van der Waals surface area (Å²) in [5.74, 6) is -0.555. The van der Waals surface area contributed by atoms with Crippen molar-refractivity contribution in [2.45, 2.75) is 75.1 Å². The third-order valence-electron chi connectivity index (χ3n) is 6.06. The van der Waals surface area contributed by atoms with Crippen molar-refractivity contribution in [2.75, 3.05) is 0 Å². The molecule has 0 spiro atoms. The van der Waals surface area contributed by atoms with E-state index in [0.29, 0.717) is 9.58 Å². The molecule has 0 radical (unpaired) electrons.